The Bertz CT molecular complexity index is 891. The van der Waals surface area contributed by atoms with Gasteiger partial charge in [0.05, 0.1) is 7.11 Å². The van der Waals surface area contributed by atoms with Crippen LogP contribution in [0.5, 0.6) is 5.75 Å². The van der Waals surface area contributed by atoms with E-state index in [4.69, 9.17) is 4.74 Å². The molecule has 4 heteroatoms. The van der Waals surface area contributed by atoms with Crippen LogP contribution in [0.4, 0.5) is 0 Å². The number of carbonyl (C=O) groups is 1. The van der Waals surface area contributed by atoms with Gasteiger partial charge in [0.25, 0.3) is 0 Å². The van der Waals surface area contributed by atoms with Gasteiger partial charge in [-0.25, -0.2) is 4.98 Å². The molecule has 0 N–H and O–H groups in total. The topological polar surface area (TPSA) is 39.2 Å². The first-order valence-corrected chi connectivity index (χ1v) is 7.83. The molecule has 1 aliphatic carbocycles. The Morgan fingerprint density at radius 2 is 2.18 bits per heavy atom. The largest absolute Gasteiger partial charge is 0.497 e. The van der Waals surface area contributed by atoms with E-state index in [1.807, 2.05) is 36.4 Å². The molecule has 0 amide bonds. The average Bonchev–Trinajstić information content (AvgIpc) is 3.08. The molecule has 4 rings (SSSR count). The third-order valence-electron chi connectivity index (χ3n) is 3.86. The Kier molecular flexibility index (Phi) is 3.05. The van der Waals surface area contributed by atoms with Crippen LogP contribution in [0.25, 0.3) is 16.3 Å². The zero-order chi connectivity index (χ0) is 15.1. The molecule has 0 saturated heterocycles. The third-order valence-corrected chi connectivity index (χ3v) is 4.86. The van der Waals surface area contributed by atoms with Crippen LogP contribution in [0.2, 0.25) is 0 Å². The number of fused-ring (bicyclic) bond motifs is 2. The number of carbonyl (C=O) groups excluding carboxylic acids is 1. The van der Waals surface area contributed by atoms with Crippen molar-refractivity contribution in [3.05, 3.63) is 64.2 Å². The zero-order valence-electron chi connectivity index (χ0n) is 12.0. The van der Waals surface area contributed by atoms with Gasteiger partial charge in [-0.3, -0.25) is 4.79 Å². The molecule has 0 bridgehead atoms. The van der Waals surface area contributed by atoms with Crippen molar-refractivity contribution >= 4 is 33.4 Å². The van der Waals surface area contributed by atoms with Gasteiger partial charge < -0.3 is 4.74 Å². The summed E-state index contributed by atoms with van der Waals surface area (Å²) < 4.78 is 5.23. The molecule has 0 spiro atoms. The number of aromatic nitrogens is 1. The number of nitrogens with zero attached hydrogens (tertiary/aromatic N) is 1. The maximum atomic E-state index is 12.5. The van der Waals surface area contributed by atoms with Gasteiger partial charge in [-0.15, -0.1) is 11.3 Å². The number of ketones is 1. The zero-order valence-corrected chi connectivity index (χ0v) is 12.8. The van der Waals surface area contributed by atoms with E-state index in [1.165, 1.54) is 0 Å². The lowest BCUT2D eigenvalue weighted by Gasteiger charge is -2.01. The first kappa shape index (κ1) is 13.2. The fourth-order valence-electron chi connectivity index (χ4n) is 2.78. The summed E-state index contributed by atoms with van der Waals surface area (Å²) in [5.74, 6) is 0.905. The van der Waals surface area contributed by atoms with Gasteiger partial charge in [0, 0.05) is 34.0 Å². The van der Waals surface area contributed by atoms with E-state index >= 15 is 0 Å². The average molecular weight is 307 g/mol. The molecular weight excluding hydrogens is 294 g/mol. The highest BCUT2D eigenvalue weighted by Gasteiger charge is 2.25. The molecule has 108 valence electrons. The minimum absolute atomic E-state index is 0.114. The Labute approximate surface area is 131 Å². The second kappa shape index (κ2) is 5.07. The summed E-state index contributed by atoms with van der Waals surface area (Å²) in [7, 11) is 1.64. The highest BCUT2D eigenvalue weighted by molar-refractivity contribution is 7.19. The van der Waals surface area contributed by atoms with Gasteiger partial charge in [0.15, 0.2) is 5.78 Å². The number of hydrogen-bond acceptors (Lipinski definition) is 4. The maximum Gasteiger partial charge on any atom is 0.189 e. The fraction of sp³-hybridized carbons (Fsp3) is 0.111. The Balaban J connectivity index is 1.73. The number of benzene rings is 1. The van der Waals surface area contributed by atoms with Gasteiger partial charge >= 0.3 is 0 Å². The Hall–Kier alpha value is -2.46. The summed E-state index contributed by atoms with van der Waals surface area (Å²) in [4.78, 5) is 18.9. The van der Waals surface area contributed by atoms with Crippen molar-refractivity contribution in [1.82, 2.24) is 4.98 Å². The van der Waals surface area contributed by atoms with Gasteiger partial charge in [-0.2, -0.15) is 0 Å². The summed E-state index contributed by atoms with van der Waals surface area (Å²) in [6.07, 6.45) is 4.44. The first-order chi connectivity index (χ1) is 10.7. The molecule has 0 atom stereocenters. The van der Waals surface area contributed by atoms with Gasteiger partial charge in [0.1, 0.15) is 10.6 Å². The third kappa shape index (κ3) is 2.12. The molecule has 1 aliphatic rings. The molecule has 0 aliphatic heterocycles. The summed E-state index contributed by atoms with van der Waals surface area (Å²) in [6, 6.07) is 11.7. The van der Waals surface area contributed by atoms with Crippen LogP contribution >= 0.6 is 11.3 Å². The highest BCUT2D eigenvalue weighted by atomic mass is 32.1. The van der Waals surface area contributed by atoms with Crippen molar-refractivity contribution in [3.8, 4) is 5.75 Å². The van der Waals surface area contributed by atoms with Crippen LogP contribution in [0.1, 0.15) is 20.8 Å². The monoisotopic (exact) mass is 307 g/mol. The molecule has 0 fully saturated rings. The fourth-order valence-corrected chi connectivity index (χ4v) is 3.74. The first-order valence-electron chi connectivity index (χ1n) is 7.01. The molecule has 0 radical (unpaired) electrons. The number of rotatable bonds is 2. The van der Waals surface area contributed by atoms with Crippen molar-refractivity contribution in [2.45, 2.75) is 6.42 Å². The molecule has 22 heavy (non-hydrogen) atoms. The van der Waals surface area contributed by atoms with E-state index in [9.17, 15) is 4.79 Å². The quantitative estimate of drug-likeness (QED) is 0.668. The SMILES string of the molecule is COc1ccc2c(c1)C/C(=C\c1cc3cccnc3s1)C2=O. The number of thiophene rings is 1. The van der Waals surface area contributed by atoms with Crippen LogP contribution in [-0.4, -0.2) is 17.9 Å². The molecule has 1 aromatic carbocycles. The normalized spacial score (nSPS) is 15.5. The Morgan fingerprint density at radius 3 is 3.00 bits per heavy atom. The van der Waals surface area contributed by atoms with Gasteiger partial charge in [-0.05, 0) is 42.0 Å². The van der Waals surface area contributed by atoms with Crippen molar-refractivity contribution in [2.75, 3.05) is 7.11 Å². The van der Waals surface area contributed by atoms with E-state index in [1.54, 1.807) is 24.6 Å². The van der Waals surface area contributed by atoms with E-state index in [0.29, 0.717) is 6.42 Å². The number of pyridine rings is 1. The second-order valence-electron chi connectivity index (χ2n) is 5.25. The van der Waals surface area contributed by atoms with Crippen LogP contribution in [-0.2, 0) is 6.42 Å². The molecule has 0 unspecified atom stereocenters. The molecule has 3 nitrogen and oxygen atoms in total. The lowest BCUT2D eigenvalue weighted by atomic mass is 10.1. The minimum atomic E-state index is 0.114. The number of ether oxygens (including phenoxy) is 1. The minimum Gasteiger partial charge on any atom is -0.497 e. The predicted molar refractivity (Wildman–Crippen MR) is 88.6 cm³/mol. The van der Waals surface area contributed by atoms with Crippen molar-refractivity contribution in [3.63, 3.8) is 0 Å². The number of methoxy groups -OCH3 is 1. The molecule has 3 aromatic rings. The number of allylic oxidation sites excluding steroid dienone is 1. The van der Waals surface area contributed by atoms with Crippen LogP contribution < -0.4 is 4.74 Å². The highest BCUT2D eigenvalue weighted by Crippen LogP contribution is 2.32. The van der Waals surface area contributed by atoms with Gasteiger partial charge in [-0.1, -0.05) is 6.07 Å². The lowest BCUT2D eigenvalue weighted by molar-refractivity contribution is 0.104. The summed E-state index contributed by atoms with van der Waals surface area (Å²) in [5, 5.41) is 1.11. The van der Waals surface area contributed by atoms with E-state index in [0.717, 1.165) is 37.5 Å². The Morgan fingerprint density at radius 1 is 1.27 bits per heavy atom. The smallest absolute Gasteiger partial charge is 0.189 e. The lowest BCUT2D eigenvalue weighted by Crippen LogP contribution is -1.94. The molecular formula is C18H13NO2S. The van der Waals surface area contributed by atoms with Crippen LogP contribution in [0.3, 0.4) is 0 Å². The van der Waals surface area contributed by atoms with Crippen molar-refractivity contribution < 1.29 is 9.53 Å². The summed E-state index contributed by atoms with van der Waals surface area (Å²) in [5.41, 5.74) is 2.65. The van der Waals surface area contributed by atoms with E-state index < -0.39 is 0 Å². The summed E-state index contributed by atoms with van der Waals surface area (Å²) in [6.45, 7) is 0. The molecule has 2 heterocycles. The maximum absolute atomic E-state index is 12.5. The molecule has 0 saturated carbocycles. The number of Topliss-reactive ketones (excluding diaryl/α,β-unsaturated/α-hetero) is 1. The van der Waals surface area contributed by atoms with Crippen molar-refractivity contribution in [2.24, 2.45) is 0 Å². The number of hydrogen-bond donors (Lipinski definition) is 0. The standard InChI is InChI=1S/C18H13NO2S/c1-21-14-4-5-16-12(8-14)7-13(17(16)20)10-15-9-11-3-2-6-19-18(11)22-15/h2-6,8-10H,7H2,1H3/b13-10+. The van der Waals surface area contributed by atoms with Crippen LogP contribution in [0.15, 0.2) is 48.2 Å². The van der Waals surface area contributed by atoms with Crippen molar-refractivity contribution in [1.29, 1.82) is 0 Å². The molecule has 2 aromatic heterocycles. The van der Waals surface area contributed by atoms with Gasteiger partial charge in [0.2, 0.25) is 0 Å². The second-order valence-corrected chi connectivity index (χ2v) is 6.31. The van der Waals surface area contributed by atoms with E-state index in [-0.39, 0.29) is 5.78 Å². The van der Waals surface area contributed by atoms with E-state index in [2.05, 4.69) is 11.1 Å². The van der Waals surface area contributed by atoms with Crippen LogP contribution in [0, 0.1) is 0 Å². The summed E-state index contributed by atoms with van der Waals surface area (Å²) >= 11 is 1.61. The predicted octanol–water partition coefficient (Wildman–Crippen LogP) is 4.13.